The summed E-state index contributed by atoms with van der Waals surface area (Å²) in [6.45, 7) is 6.28. The summed E-state index contributed by atoms with van der Waals surface area (Å²) >= 11 is 0. The lowest BCUT2D eigenvalue weighted by molar-refractivity contribution is 0.0696. The minimum Gasteiger partial charge on any atom is -0.494 e. The maximum Gasteiger partial charge on any atom is 0.337 e. The van der Waals surface area contributed by atoms with Crippen LogP contribution in [-0.4, -0.2) is 22.2 Å². The Balaban J connectivity index is 2.44. The Labute approximate surface area is 112 Å². The Morgan fingerprint density at radius 1 is 1.26 bits per heavy atom. The first-order chi connectivity index (χ1) is 9.04. The molecule has 0 aliphatic carbocycles. The molecule has 1 aromatic heterocycles. The molecular formula is C15H17NO3. The summed E-state index contributed by atoms with van der Waals surface area (Å²) in [5.41, 5.74) is 2.91. The number of rotatable bonds is 4. The van der Waals surface area contributed by atoms with Gasteiger partial charge in [0.25, 0.3) is 0 Å². The van der Waals surface area contributed by atoms with Gasteiger partial charge in [0, 0.05) is 17.1 Å². The molecule has 1 heterocycles. The van der Waals surface area contributed by atoms with E-state index < -0.39 is 5.97 Å². The van der Waals surface area contributed by atoms with Crippen molar-refractivity contribution in [1.82, 2.24) is 4.57 Å². The highest BCUT2D eigenvalue weighted by molar-refractivity contribution is 5.89. The van der Waals surface area contributed by atoms with Crippen LogP contribution in [0.2, 0.25) is 0 Å². The first kappa shape index (κ1) is 13.2. The zero-order chi connectivity index (χ0) is 14.0. The van der Waals surface area contributed by atoms with Crippen molar-refractivity contribution in [3.05, 3.63) is 47.3 Å². The summed E-state index contributed by atoms with van der Waals surface area (Å²) in [4.78, 5) is 11.1. The maximum absolute atomic E-state index is 11.1. The monoisotopic (exact) mass is 259 g/mol. The average molecular weight is 259 g/mol. The third-order valence-electron chi connectivity index (χ3n) is 3.07. The highest BCUT2D eigenvalue weighted by atomic mass is 16.5. The molecule has 1 aromatic carbocycles. The van der Waals surface area contributed by atoms with E-state index in [0.29, 0.717) is 12.2 Å². The summed E-state index contributed by atoms with van der Waals surface area (Å²) in [5, 5.41) is 9.13. The summed E-state index contributed by atoms with van der Waals surface area (Å²) in [6, 6.07) is 9.32. The van der Waals surface area contributed by atoms with Crippen LogP contribution in [0.5, 0.6) is 5.75 Å². The highest BCUT2D eigenvalue weighted by Crippen LogP contribution is 2.22. The molecular weight excluding hydrogens is 242 g/mol. The maximum atomic E-state index is 11.1. The fourth-order valence-electron chi connectivity index (χ4n) is 2.23. The molecule has 0 aliphatic rings. The molecule has 4 heteroatoms. The summed E-state index contributed by atoms with van der Waals surface area (Å²) < 4.78 is 7.33. The number of hydrogen-bond donors (Lipinski definition) is 1. The smallest absolute Gasteiger partial charge is 0.337 e. The Morgan fingerprint density at radius 2 is 1.89 bits per heavy atom. The van der Waals surface area contributed by atoms with Crippen molar-refractivity contribution in [1.29, 1.82) is 0 Å². The molecule has 2 rings (SSSR count). The van der Waals surface area contributed by atoms with Gasteiger partial charge < -0.3 is 14.4 Å². The predicted molar refractivity (Wildman–Crippen MR) is 73.4 cm³/mol. The van der Waals surface area contributed by atoms with Crippen molar-refractivity contribution in [2.24, 2.45) is 0 Å². The number of benzene rings is 1. The van der Waals surface area contributed by atoms with Gasteiger partial charge in [-0.15, -0.1) is 0 Å². The first-order valence-corrected chi connectivity index (χ1v) is 6.20. The van der Waals surface area contributed by atoms with E-state index in [-0.39, 0.29) is 0 Å². The van der Waals surface area contributed by atoms with Gasteiger partial charge in [0.2, 0.25) is 0 Å². The zero-order valence-electron chi connectivity index (χ0n) is 11.3. The van der Waals surface area contributed by atoms with Crippen LogP contribution in [0.1, 0.15) is 28.7 Å². The van der Waals surface area contributed by atoms with Crippen LogP contribution >= 0.6 is 0 Å². The lowest BCUT2D eigenvalue weighted by Crippen LogP contribution is -2.02. The molecule has 2 aromatic rings. The van der Waals surface area contributed by atoms with Gasteiger partial charge in [0.05, 0.1) is 12.2 Å². The van der Waals surface area contributed by atoms with Crippen LogP contribution in [0.25, 0.3) is 5.69 Å². The van der Waals surface area contributed by atoms with Crippen LogP contribution in [0, 0.1) is 13.8 Å². The van der Waals surface area contributed by atoms with E-state index in [1.807, 2.05) is 49.6 Å². The van der Waals surface area contributed by atoms with Crippen LogP contribution in [0.3, 0.4) is 0 Å². The second kappa shape index (κ2) is 5.18. The topological polar surface area (TPSA) is 51.5 Å². The van der Waals surface area contributed by atoms with Gasteiger partial charge in [0.15, 0.2) is 0 Å². The molecule has 0 radical (unpaired) electrons. The molecule has 19 heavy (non-hydrogen) atoms. The lowest BCUT2D eigenvalue weighted by atomic mass is 10.2. The summed E-state index contributed by atoms with van der Waals surface area (Å²) in [7, 11) is 0. The van der Waals surface area contributed by atoms with Gasteiger partial charge in [-0.3, -0.25) is 0 Å². The number of aryl methyl sites for hydroxylation is 1. The van der Waals surface area contributed by atoms with E-state index in [2.05, 4.69) is 0 Å². The molecule has 0 spiro atoms. The molecule has 0 bridgehead atoms. The highest BCUT2D eigenvalue weighted by Gasteiger charge is 2.15. The van der Waals surface area contributed by atoms with Gasteiger partial charge in [-0.25, -0.2) is 4.79 Å². The van der Waals surface area contributed by atoms with Crippen molar-refractivity contribution in [2.75, 3.05) is 6.61 Å². The fraction of sp³-hybridized carbons (Fsp3) is 0.267. The number of hydrogen-bond acceptors (Lipinski definition) is 2. The fourth-order valence-corrected chi connectivity index (χ4v) is 2.23. The minimum absolute atomic E-state index is 0.339. The number of aromatic carboxylic acids is 1. The van der Waals surface area contributed by atoms with Gasteiger partial charge in [-0.1, -0.05) is 0 Å². The number of aromatic nitrogens is 1. The first-order valence-electron chi connectivity index (χ1n) is 6.20. The van der Waals surface area contributed by atoms with Crippen LogP contribution in [0.15, 0.2) is 30.3 Å². The number of ether oxygens (including phenoxy) is 1. The van der Waals surface area contributed by atoms with E-state index >= 15 is 0 Å². The molecule has 4 nitrogen and oxygen atoms in total. The molecule has 0 saturated heterocycles. The molecule has 0 unspecified atom stereocenters. The average Bonchev–Trinajstić information content (AvgIpc) is 2.67. The number of carbonyl (C=O) groups is 1. The Bertz CT molecular complexity index is 597. The van der Waals surface area contributed by atoms with Crippen molar-refractivity contribution in [3.63, 3.8) is 0 Å². The van der Waals surface area contributed by atoms with Gasteiger partial charge in [-0.2, -0.15) is 0 Å². The SMILES string of the molecule is CCOc1ccc(-n2c(C)cc(C(=O)O)c2C)cc1. The molecule has 0 amide bonds. The molecule has 0 fully saturated rings. The van der Waals surface area contributed by atoms with Crippen molar-refractivity contribution >= 4 is 5.97 Å². The van der Waals surface area contributed by atoms with Gasteiger partial charge >= 0.3 is 5.97 Å². The van der Waals surface area contributed by atoms with Crippen molar-refractivity contribution in [3.8, 4) is 11.4 Å². The largest absolute Gasteiger partial charge is 0.494 e. The second-order valence-corrected chi connectivity index (χ2v) is 4.35. The Kier molecular flexibility index (Phi) is 3.60. The quantitative estimate of drug-likeness (QED) is 0.917. The molecule has 100 valence electrons. The Morgan fingerprint density at radius 3 is 2.37 bits per heavy atom. The van der Waals surface area contributed by atoms with E-state index in [1.54, 1.807) is 6.07 Å². The molecule has 0 aliphatic heterocycles. The minimum atomic E-state index is -0.898. The summed E-state index contributed by atoms with van der Waals surface area (Å²) in [5.74, 6) is -0.0857. The van der Waals surface area contributed by atoms with Crippen molar-refractivity contribution in [2.45, 2.75) is 20.8 Å². The normalized spacial score (nSPS) is 10.5. The third kappa shape index (κ3) is 2.47. The lowest BCUT2D eigenvalue weighted by Gasteiger charge is -2.10. The Hall–Kier alpha value is -2.23. The third-order valence-corrected chi connectivity index (χ3v) is 3.07. The van der Waals surface area contributed by atoms with Crippen LogP contribution < -0.4 is 4.74 Å². The van der Waals surface area contributed by atoms with E-state index in [4.69, 9.17) is 9.84 Å². The molecule has 0 atom stereocenters. The predicted octanol–water partition coefficient (Wildman–Crippen LogP) is 3.19. The zero-order valence-corrected chi connectivity index (χ0v) is 11.3. The standard InChI is InChI=1S/C15H17NO3/c1-4-19-13-7-5-12(6-8-13)16-10(2)9-14(11(16)3)15(17)18/h5-9H,4H2,1-3H3,(H,17,18). The van der Waals surface area contributed by atoms with E-state index in [1.165, 1.54) is 0 Å². The van der Waals surface area contributed by atoms with Gasteiger partial charge in [0.1, 0.15) is 5.75 Å². The second-order valence-electron chi connectivity index (χ2n) is 4.35. The van der Waals surface area contributed by atoms with Crippen LogP contribution in [-0.2, 0) is 0 Å². The van der Waals surface area contributed by atoms with E-state index in [9.17, 15) is 4.79 Å². The number of nitrogens with zero attached hydrogens (tertiary/aromatic N) is 1. The summed E-state index contributed by atoms with van der Waals surface area (Å²) in [6.07, 6.45) is 0. The number of carboxylic acid groups (broad SMARTS) is 1. The van der Waals surface area contributed by atoms with Crippen LogP contribution in [0.4, 0.5) is 0 Å². The van der Waals surface area contributed by atoms with Gasteiger partial charge in [-0.05, 0) is 51.1 Å². The molecule has 1 N–H and O–H groups in total. The molecule has 0 saturated carbocycles. The van der Waals surface area contributed by atoms with Crippen molar-refractivity contribution < 1.29 is 14.6 Å². The number of carboxylic acids is 1. The van der Waals surface area contributed by atoms with E-state index in [0.717, 1.165) is 22.8 Å².